The zero-order valence-corrected chi connectivity index (χ0v) is 19.5. The molecular weight excluding hydrogens is 452 g/mol. The smallest absolute Gasteiger partial charge is 0.278 e. The van der Waals surface area contributed by atoms with E-state index >= 15 is 0 Å². The molecule has 3 aromatic carbocycles. The molecule has 0 aliphatic heterocycles. The SMILES string of the molecule is CC[C@@H](C(=O)Nc1ccc(Cl)cc1)n1c(=O)c(-c2ccccc2NC(C)=O)nc2ccccc21. The Labute approximate surface area is 201 Å². The van der Waals surface area contributed by atoms with Gasteiger partial charge in [-0.1, -0.05) is 48.9 Å². The van der Waals surface area contributed by atoms with Crippen molar-refractivity contribution in [1.82, 2.24) is 9.55 Å². The largest absolute Gasteiger partial charge is 0.326 e. The number of fused-ring (bicyclic) bond motifs is 1. The van der Waals surface area contributed by atoms with Gasteiger partial charge in [-0.2, -0.15) is 0 Å². The van der Waals surface area contributed by atoms with Gasteiger partial charge in [0.2, 0.25) is 11.8 Å². The quantitative estimate of drug-likeness (QED) is 0.398. The molecular formula is C26H23ClN4O3. The summed E-state index contributed by atoms with van der Waals surface area (Å²) in [6, 6.07) is 20.1. The molecule has 0 bridgehead atoms. The normalized spacial score (nSPS) is 11.7. The maximum absolute atomic E-state index is 13.8. The van der Waals surface area contributed by atoms with Crippen LogP contribution in [-0.4, -0.2) is 21.4 Å². The maximum Gasteiger partial charge on any atom is 0.278 e. The molecule has 34 heavy (non-hydrogen) atoms. The zero-order valence-electron chi connectivity index (χ0n) is 18.7. The van der Waals surface area contributed by atoms with Gasteiger partial charge in [0.05, 0.1) is 16.7 Å². The lowest BCUT2D eigenvalue weighted by Crippen LogP contribution is -2.34. The first-order chi connectivity index (χ1) is 16.4. The highest BCUT2D eigenvalue weighted by atomic mass is 35.5. The molecule has 0 spiro atoms. The highest BCUT2D eigenvalue weighted by Crippen LogP contribution is 2.27. The van der Waals surface area contributed by atoms with Crippen molar-refractivity contribution in [1.29, 1.82) is 0 Å². The van der Waals surface area contributed by atoms with Gasteiger partial charge >= 0.3 is 0 Å². The highest BCUT2D eigenvalue weighted by molar-refractivity contribution is 6.30. The maximum atomic E-state index is 13.8. The average Bonchev–Trinajstić information content (AvgIpc) is 2.82. The van der Waals surface area contributed by atoms with Crippen molar-refractivity contribution in [2.45, 2.75) is 26.3 Å². The van der Waals surface area contributed by atoms with Gasteiger partial charge in [0.25, 0.3) is 5.56 Å². The Morgan fingerprint density at radius 1 is 0.971 bits per heavy atom. The lowest BCUT2D eigenvalue weighted by molar-refractivity contribution is -0.119. The summed E-state index contributed by atoms with van der Waals surface area (Å²) in [5, 5.41) is 6.18. The molecule has 4 aromatic rings. The van der Waals surface area contributed by atoms with Crippen molar-refractivity contribution < 1.29 is 9.59 Å². The van der Waals surface area contributed by atoms with Crippen LogP contribution in [0.4, 0.5) is 11.4 Å². The van der Waals surface area contributed by atoms with Gasteiger partial charge in [0, 0.05) is 23.2 Å². The summed E-state index contributed by atoms with van der Waals surface area (Å²) in [6.45, 7) is 3.25. The number of aromatic nitrogens is 2. The molecule has 0 fully saturated rings. The molecule has 1 heterocycles. The van der Waals surface area contributed by atoms with Crippen molar-refractivity contribution >= 4 is 45.8 Å². The van der Waals surface area contributed by atoms with Gasteiger partial charge < -0.3 is 10.6 Å². The monoisotopic (exact) mass is 474 g/mol. The Hall–Kier alpha value is -3.97. The first kappa shape index (κ1) is 23.2. The summed E-state index contributed by atoms with van der Waals surface area (Å²) in [5.41, 5.74) is 2.37. The van der Waals surface area contributed by atoms with Crippen LogP contribution in [0.2, 0.25) is 5.02 Å². The minimum atomic E-state index is -0.789. The Kier molecular flexibility index (Phi) is 6.75. The van der Waals surface area contributed by atoms with Crippen molar-refractivity contribution in [3.05, 3.63) is 88.2 Å². The Morgan fingerprint density at radius 2 is 1.65 bits per heavy atom. The lowest BCUT2D eigenvalue weighted by atomic mass is 10.1. The van der Waals surface area contributed by atoms with Crippen LogP contribution >= 0.6 is 11.6 Å². The number of anilines is 2. The predicted octanol–water partition coefficient (Wildman–Crippen LogP) is 5.27. The van der Waals surface area contributed by atoms with E-state index in [1.807, 2.05) is 13.0 Å². The van der Waals surface area contributed by atoms with Crippen LogP contribution < -0.4 is 16.2 Å². The number of carbonyl (C=O) groups excluding carboxylic acids is 2. The van der Waals surface area contributed by atoms with E-state index in [0.717, 1.165) is 0 Å². The first-order valence-electron chi connectivity index (χ1n) is 10.8. The molecule has 0 saturated heterocycles. The summed E-state index contributed by atoms with van der Waals surface area (Å²) in [4.78, 5) is 43.5. The molecule has 0 unspecified atom stereocenters. The van der Waals surface area contributed by atoms with Crippen molar-refractivity contribution in [2.24, 2.45) is 0 Å². The number of para-hydroxylation sites is 3. The minimum absolute atomic E-state index is 0.154. The van der Waals surface area contributed by atoms with E-state index in [9.17, 15) is 14.4 Å². The number of hydrogen-bond donors (Lipinski definition) is 2. The van der Waals surface area contributed by atoms with Crippen LogP contribution in [0.5, 0.6) is 0 Å². The number of carbonyl (C=O) groups is 2. The molecule has 1 atom stereocenters. The van der Waals surface area contributed by atoms with Gasteiger partial charge in [-0.05, 0) is 48.9 Å². The molecule has 0 aliphatic carbocycles. The van der Waals surface area contributed by atoms with Crippen LogP contribution in [-0.2, 0) is 9.59 Å². The van der Waals surface area contributed by atoms with Crippen molar-refractivity contribution in [3.63, 3.8) is 0 Å². The van der Waals surface area contributed by atoms with Gasteiger partial charge in [-0.25, -0.2) is 4.98 Å². The Balaban J connectivity index is 1.88. The number of rotatable bonds is 6. The number of hydrogen-bond acceptors (Lipinski definition) is 4. The van der Waals surface area contributed by atoms with E-state index in [2.05, 4.69) is 15.6 Å². The third-order valence-corrected chi connectivity index (χ3v) is 5.65. The van der Waals surface area contributed by atoms with Gasteiger partial charge in [-0.3, -0.25) is 19.0 Å². The summed E-state index contributed by atoms with van der Waals surface area (Å²) >= 11 is 5.95. The fourth-order valence-corrected chi connectivity index (χ4v) is 4.00. The predicted molar refractivity (Wildman–Crippen MR) is 135 cm³/mol. The second-order valence-electron chi connectivity index (χ2n) is 7.77. The van der Waals surface area contributed by atoms with Crippen LogP contribution in [0.15, 0.2) is 77.6 Å². The third-order valence-electron chi connectivity index (χ3n) is 5.40. The lowest BCUT2D eigenvalue weighted by Gasteiger charge is -2.21. The van der Waals surface area contributed by atoms with Crippen molar-refractivity contribution in [2.75, 3.05) is 10.6 Å². The second-order valence-corrected chi connectivity index (χ2v) is 8.21. The fraction of sp³-hybridized carbons (Fsp3) is 0.154. The number of benzene rings is 3. The summed E-state index contributed by atoms with van der Waals surface area (Å²) in [7, 11) is 0. The average molecular weight is 475 g/mol. The molecule has 0 radical (unpaired) electrons. The molecule has 8 heteroatoms. The third kappa shape index (κ3) is 4.70. The summed E-state index contributed by atoms with van der Waals surface area (Å²) in [6.07, 6.45) is 0.375. The fourth-order valence-electron chi connectivity index (χ4n) is 3.87. The van der Waals surface area contributed by atoms with E-state index < -0.39 is 11.6 Å². The number of nitrogens with zero attached hydrogens (tertiary/aromatic N) is 2. The van der Waals surface area contributed by atoms with E-state index in [4.69, 9.17) is 11.6 Å². The zero-order chi connectivity index (χ0) is 24.2. The molecule has 2 N–H and O–H groups in total. The molecule has 0 aliphatic rings. The molecule has 172 valence electrons. The minimum Gasteiger partial charge on any atom is -0.326 e. The highest BCUT2D eigenvalue weighted by Gasteiger charge is 2.25. The second kappa shape index (κ2) is 9.89. The molecule has 0 saturated carbocycles. The van der Waals surface area contributed by atoms with Gasteiger partial charge in [-0.15, -0.1) is 0 Å². The Bertz CT molecular complexity index is 1430. The molecule has 1 aromatic heterocycles. The first-order valence-corrected chi connectivity index (χ1v) is 11.2. The number of nitrogens with one attached hydrogen (secondary N) is 2. The molecule has 4 rings (SSSR count). The van der Waals surface area contributed by atoms with Crippen molar-refractivity contribution in [3.8, 4) is 11.3 Å². The van der Waals surface area contributed by atoms with E-state index in [1.165, 1.54) is 11.5 Å². The van der Waals surface area contributed by atoms with Gasteiger partial charge in [0.15, 0.2) is 0 Å². The van der Waals surface area contributed by atoms with E-state index in [-0.39, 0.29) is 17.5 Å². The van der Waals surface area contributed by atoms with Crippen LogP contribution in [0, 0.1) is 0 Å². The standard InChI is InChI=1S/C26H23ClN4O3/c1-3-22(25(33)29-18-14-12-17(27)13-15-18)31-23-11-7-6-10-21(23)30-24(26(31)34)19-8-4-5-9-20(19)28-16(2)32/h4-15,22H,3H2,1-2H3,(H,28,32)(H,29,33)/t22-/m0/s1. The molecule has 2 amide bonds. The molecule has 7 nitrogen and oxygen atoms in total. The van der Waals surface area contributed by atoms with E-state index in [1.54, 1.807) is 66.7 Å². The Morgan fingerprint density at radius 3 is 2.35 bits per heavy atom. The summed E-state index contributed by atoms with van der Waals surface area (Å²) < 4.78 is 1.48. The van der Waals surface area contributed by atoms with Crippen LogP contribution in [0.1, 0.15) is 26.3 Å². The van der Waals surface area contributed by atoms with Gasteiger partial charge in [0.1, 0.15) is 11.7 Å². The summed E-state index contributed by atoms with van der Waals surface area (Å²) in [5.74, 6) is -0.591. The van der Waals surface area contributed by atoms with Crippen LogP contribution in [0.25, 0.3) is 22.3 Å². The number of halogens is 1. The topological polar surface area (TPSA) is 93.1 Å². The van der Waals surface area contributed by atoms with Crippen LogP contribution in [0.3, 0.4) is 0 Å². The van der Waals surface area contributed by atoms with E-state index in [0.29, 0.717) is 39.4 Å². The number of amides is 2.